The summed E-state index contributed by atoms with van der Waals surface area (Å²) in [5, 5.41) is 9.00. The summed E-state index contributed by atoms with van der Waals surface area (Å²) in [7, 11) is 0. The molecule has 31 heavy (non-hydrogen) atoms. The van der Waals surface area contributed by atoms with E-state index >= 15 is 0 Å². The van der Waals surface area contributed by atoms with Gasteiger partial charge in [-0.15, -0.1) is 5.10 Å². The van der Waals surface area contributed by atoms with Crippen LogP contribution in [0.2, 0.25) is 15.1 Å². The molecule has 1 heterocycles. The lowest BCUT2D eigenvalue weighted by atomic mass is 10.2. The Kier molecular flexibility index (Phi) is 6.01. The van der Waals surface area contributed by atoms with Gasteiger partial charge in [-0.25, -0.2) is 9.67 Å². The minimum absolute atomic E-state index is 0.0148. The molecule has 0 radical (unpaired) electrons. The van der Waals surface area contributed by atoms with E-state index in [1.165, 1.54) is 0 Å². The number of nitrogens with zero attached hydrogens (tertiary/aromatic N) is 3. The normalized spacial score (nSPS) is 10.9. The molecule has 0 spiro atoms. The Balaban J connectivity index is 1.78. The van der Waals surface area contributed by atoms with E-state index in [9.17, 15) is 4.79 Å². The van der Waals surface area contributed by atoms with E-state index in [2.05, 4.69) is 15.4 Å². The van der Waals surface area contributed by atoms with Crippen molar-refractivity contribution < 1.29 is 4.79 Å². The molecule has 0 saturated carbocycles. The molecule has 1 aromatic heterocycles. The largest absolute Gasteiger partial charge is 0.319 e. The lowest BCUT2D eigenvalue weighted by molar-refractivity contribution is 0.101. The Labute approximate surface area is 194 Å². The third-order valence-electron chi connectivity index (χ3n) is 4.74. The van der Waals surface area contributed by atoms with Crippen LogP contribution in [-0.2, 0) is 0 Å². The lowest BCUT2D eigenvalue weighted by Gasteiger charge is -2.09. The van der Waals surface area contributed by atoms with E-state index in [0.717, 1.165) is 22.4 Å². The molecule has 0 bridgehead atoms. The maximum Gasteiger partial charge on any atom is 0.295 e. The highest BCUT2D eigenvalue weighted by Crippen LogP contribution is 2.27. The Hall–Kier alpha value is -2.86. The molecule has 1 N–H and O–H groups in total. The van der Waals surface area contributed by atoms with Gasteiger partial charge in [0, 0.05) is 26.3 Å². The van der Waals surface area contributed by atoms with E-state index in [0.29, 0.717) is 26.6 Å². The van der Waals surface area contributed by atoms with Crippen LogP contribution < -0.4 is 5.32 Å². The van der Waals surface area contributed by atoms with Crippen molar-refractivity contribution in [3.8, 4) is 17.1 Å². The Bertz CT molecular complexity index is 1280. The molecular weight excluding hydrogens is 455 g/mol. The van der Waals surface area contributed by atoms with Gasteiger partial charge in [0.1, 0.15) is 0 Å². The second-order valence-electron chi connectivity index (χ2n) is 7.03. The number of benzene rings is 3. The van der Waals surface area contributed by atoms with Gasteiger partial charge in [-0.05, 0) is 73.5 Å². The number of nitrogens with one attached hydrogen (secondary N) is 1. The standard InChI is InChI=1S/C23H17Cl3N4O/c1-13-4-10-18(12-19(13)26)27-23(31)21-28-22(15-5-8-16(24)9-6-15)30(29-21)20-11-17(25)7-3-14(20)2/h3-12H,1-2H3,(H,27,31). The Morgan fingerprint density at radius 2 is 1.55 bits per heavy atom. The number of carbonyl (C=O) groups excluding carboxylic acids is 1. The fourth-order valence-corrected chi connectivity index (χ4v) is 3.50. The van der Waals surface area contributed by atoms with Crippen molar-refractivity contribution in [3.63, 3.8) is 0 Å². The van der Waals surface area contributed by atoms with Crippen molar-refractivity contribution in [1.29, 1.82) is 0 Å². The molecule has 0 saturated heterocycles. The summed E-state index contributed by atoms with van der Waals surface area (Å²) in [5.74, 6) is 0.0590. The molecule has 8 heteroatoms. The summed E-state index contributed by atoms with van der Waals surface area (Å²) in [4.78, 5) is 17.4. The predicted octanol–water partition coefficient (Wildman–Crippen LogP) is 6.76. The summed E-state index contributed by atoms with van der Waals surface area (Å²) in [6, 6.07) is 17.9. The van der Waals surface area contributed by atoms with Gasteiger partial charge in [0.15, 0.2) is 5.82 Å². The lowest BCUT2D eigenvalue weighted by Crippen LogP contribution is -2.14. The maximum atomic E-state index is 12.9. The molecule has 3 aromatic carbocycles. The quantitative estimate of drug-likeness (QED) is 0.357. The van der Waals surface area contributed by atoms with Crippen LogP contribution in [0.25, 0.3) is 17.1 Å². The molecule has 4 rings (SSSR count). The zero-order valence-corrected chi connectivity index (χ0v) is 18.9. The SMILES string of the molecule is Cc1ccc(NC(=O)c2nc(-c3ccc(Cl)cc3)n(-c3cc(Cl)ccc3C)n2)cc1Cl. The van der Waals surface area contributed by atoms with Gasteiger partial charge in [-0.1, -0.05) is 46.9 Å². The second-order valence-corrected chi connectivity index (χ2v) is 8.31. The van der Waals surface area contributed by atoms with E-state index < -0.39 is 5.91 Å². The number of amides is 1. The number of carbonyl (C=O) groups is 1. The van der Waals surface area contributed by atoms with Gasteiger partial charge in [-0.3, -0.25) is 4.79 Å². The van der Waals surface area contributed by atoms with Gasteiger partial charge in [0.05, 0.1) is 5.69 Å². The molecule has 0 unspecified atom stereocenters. The zero-order valence-electron chi connectivity index (χ0n) is 16.7. The van der Waals surface area contributed by atoms with Crippen LogP contribution in [0.4, 0.5) is 5.69 Å². The number of aromatic nitrogens is 3. The van der Waals surface area contributed by atoms with E-state index in [1.54, 1.807) is 41.1 Å². The van der Waals surface area contributed by atoms with Crippen molar-refractivity contribution in [2.45, 2.75) is 13.8 Å². The van der Waals surface area contributed by atoms with Gasteiger partial charge in [0.2, 0.25) is 5.82 Å². The van der Waals surface area contributed by atoms with Crippen molar-refractivity contribution in [2.24, 2.45) is 0 Å². The van der Waals surface area contributed by atoms with Gasteiger partial charge >= 0.3 is 0 Å². The first-order valence-corrected chi connectivity index (χ1v) is 10.5. The summed E-state index contributed by atoms with van der Waals surface area (Å²) in [6.07, 6.45) is 0. The first-order valence-electron chi connectivity index (χ1n) is 9.39. The first kappa shape index (κ1) is 21.4. The van der Waals surface area contributed by atoms with Gasteiger partial charge in [0.25, 0.3) is 5.91 Å². The van der Waals surface area contributed by atoms with Gasteiger partial charge < -0.3 is 5.32 Å². The highest BCUT2D eigenvalue weighted by Gasteiger charge is 2.20. The minimum atomic E-state index is -0.450. The topological polar surface area (TPSA) is 59.8 Å². The molecule has 0 aliphatic rings. The third-order valence-corrected chi connectivity index (χ3v) is 5.64. The fraction of sp³-hybridized carbons (Fsp3) is 0.0870. The maximum absolute atomic E-state index is 12.9. The number of hydrogen-bond donors (Lipinski definition) is 1. The molecule has 5 nitrogen and oxygen atoms in total. The molecule has 1 amide bonds. The van der Waals surface area contributed by atoms with Gasteiger partial charge in [-0.2, -0.15) is 0 Å². The molecule has 0 aliphatic heterocycles. The average molecular weight is 472 g/mol. The van der Waals surface area contributed by atoms with Crippen LogP contribution >= 0.6 is 34.8 Å². The number of anilines is 1. The molecule has 156 valence electrons. The number of hydrogen-bond acceptors (Lipinski definition) is 3. The molecule has 0 fully saturated rings. The Morgan fingerprint density at radius 1 is 0.871 bits per heavy atom. The third kappa shape index (κ3) is 4.59. The summed E-state index contributed by atoms with van der Waals surface area (Å²) < 4.78 is 1.61. The monoisotopic (exact) mass is 470 g/mol. The van der Waals surface area contributed by atoms with E-state index in [-0.39, 0.29) is 5.82 Å². The smallest absolute Gasteiger partial charge is 0.295 e. The summed E-state index contributed by atoms with van der Waals surface area (Å²) in [6.45, 7) is 3.83. The molecular formula is C23H17Cl3N4O. The van der Waals surface area contributed by atoms with Crippen LogP contribution in [-0.4, -0.2) is 20.7 Å². The Morgan fingerprint density at radius 3 is 2.26 bits per heavy atom. The van der Waals surface area contributed by atoms with Crippen molar-refractivity contribution >= 4 is 46.4 Å². The number of aryl methyl sites for hydroxylation is 2. The van der Waals surface area contributed by atoms with Crippen LogP contribution in [0.15, 0.2) is 60.7 Å². The second kappa shape index (κ2) is 8.71. The van der Waals surface area contributed by atoms with Crippen LogP contribution in [0.1, 0.15) is 21.7 Å². The first-order chi connectivity index (χ1) is 14.8. The molecule has 4 aromatic rings. The predicted molar refractivity (Wildman–Crippen MR) is 126 cm³/mol. The zero-order chi connectivity index (χ0) is 22.1. The summed E-state index contributed by atoms with van der Waals surface area (Å²) >= 11 is 18.4. The fourth-order valence-electron chi connectivity index (χ4n) is 3.03. The molecule has 0 aliphatic carbocycles. The van der Waals surface area contributed by atoms with Crippen molar-refractivity contribution in [2.75, 3.05) is 5.32 Å². The minimum Gasteiger partial charge on any atom is -0.319 e. The summed E-state index contributed by atoms with van der Waals surface area (Å²) in [5.41, 5.74) is 3.89. The van der Waals surface area contributed by atoms with Crippen LogP contribution in [0, 0.1) is 13.8 Å². The average Bonchev–Trinajstić information content (AvgIpc) is 3.18. The van der Waals surface area contributed by atoms with Crippen molar-refractivity contribution in [3.05, 3.63) is 92.7 Å². The highest BCUT2D eigenvalue weighted by molar-refractivity contribution is 6.32. The number of rotatable bonds is 4. The molecule has 0 atom stereocenters. The van der Waals surface area contributed by atoms with Crippen LogP contribution in [0.3, 0.4) is 0 Å². The van der Waals surface area contributed by atoms with E-state index in [4.69, 9.17) is 34.8 Å². The highest BCUT2D eigenvalue weighted by atomic mass is 35.5. The number of halogens is 3. The van der Waals surface area contributed by atoms with Crippen molar-refractivity contribution in [1.82, 2.24) is 14.8 Å². The van der Waals surface area contributed by atoms with E-state index in [1.807, 2.05) is 38.1 Å². The van der Waals surface area contributed by atoms with Crippen LogP contribution in [0.5, 0.6) is 0 Å².